The third-order valence-corrected chi connectivity index (χ3v) is 3.58. The van der Waals surface area contributed by atoms with Gasteiger partial charge < -0.3 is 10.0 Å². The normalized spacial score (nSPS) is 11.4. The van der Waals surface area contributed by atoms with Crippen LogP contribution in [-0.4, -0.2) is 35.1 Å². The second kappa shape index (κ2) is 9.20. The molecule has 0 bridgehead atoms. The number of carbonyl (C=O) groups is 1. The van der Waals surface area contributed by atoms with Crippen LogP contribution in [0.15, 0.2) is 24.3 Å². The molecule has 1 N–H and O–H groups in total. The predicted molar refractivity (Wildman–Crippen MR) is 86.1 cm³/mol. The molecule has 0 spiro atoms. The van der Waals surface area contributed by atoms with Gasteiger partial charge in [0.1, 0.15) is 6.61 Å². The summed E-state index contributed by atoms with van der Waals surface area (Å²) >= 11 is 0. The minimum atomic E-state index is -0.153. The molecular formula is C18H25NO2. The smallest absolute Gasteiger partial charge is 0.254 e. The number of aliphatic hydroxyl groups excluding tert-OH is 1. The van der Waals surface area contributed by atoms with Crippen LogP contribution in [0.3, 0.4) is 0 Å². The van der Waals surface area contributed by atoms with E-state index in [4.69, 9.17) is 5.11 Å². The zero-order valence-electron chi connectivity index (χ0n) is 13.2. The molecule has 0 aliphatic rings. The molecule has 0 aliphatic heterocycles. The van der Waals surface area contributed by atoms with Gasteiger partial charge in [-0.25, -0.2) is 0 Å². The minimum absolute atomic E-state index is 0.0828. The topological polar surface area (TPSA) is 40.5 Å². The first-order chi connectivity index (χ1) is 10.1. The van der Waals surface area contributed by atoms with Crippen molar-refractivity contribution >= 4 is 5.91 Å². The van der Waals surface area contributed by atoms with Gasteiger partial charge in [0, 0.05) is 23.7 Å². The van der Waals surface area contributed by atoms with E-state index in [1.807, 2.05) is 29.2 Å². The molecule has 0 aromatic heterocycles. The fraction of sp³-hybridized carbons (Fsp3) is 0.500. The number of hydrogen-bond donors (Lipinski definition) is 1. The summed E-state index contributed by atoms with van der Waals surface area (Å²) in [7, 11) is 0. The molecule has 21 heavy (non-hydrogen) atoms. The number of hydrogen-bond acceptors (Lipinski definition) is 2. The van der Waals surface area contributed by atoms with Crippen molar-refractivity contribution in [2.45, 2.75) is 46.1 Å². The highest BCUT2D eigenvalue weighted by Crippen LogP contribution is 2.13. The molecule has 3 nitrogen and oxygen atoms in total. The van der Waals surface area contributed by atoms with Gasteiger partial charge in [-0.15, -0.1) is 0 Å². The van der Waals surface area contributed by atoms with Crippen LogP contribution in [0, 0.1) is 11.8 Å². The van der Waals surface area contributed by atoms with Crippen molar-refractivity contribution in [3.05, 3.63) is 35.4 Å². The van der Waals surface area contributed by atoms with Crippen LogP contribution < -0.4 is 0 Å². The summed E-state index contributed by atoms with van der Waals surface area (Å²) in [5.41, 5.74) is 1.50. The van der Waals surface area contributed by atoms with E-state index < -0.39 is 0 Å². The van der Waals surface area contributed by atoms with Crippen LogP contribution >= 0.6 is 0 Å². The van der Waals surface area contributed by atoms with Gasteiger partial charge in [0.25, 0.3) is 5.91 Å². The summed E-state index contributed by atoms with van der Waals surface area (Å²) in [5.74, 6) is 5.52. The fourth-order valence-corrected chi connectivity index (χ4v) is 2.07. The van der Waals surface area contributed by atoms with Crippen molar-refractivity contribution in [2.75, 3.05) is 13.2 Å². The molecule has 1 atom stereocenters. The fourth-order valence-electron chi connectivity index (χ4n) is 2.07. The Bertz CT molecular complexity index is 496. The van der Waals surface area contributed by atoms with E-state index in [0.29, 0.717) is 5.56 Å². The second-order valence-electron chi connectivity index (χ2n) is 5.15. The summed E-state index contributed by atoms with van der Waals surface area (Å²) in [6, 6.07) is 7.52. The summed E-state index contributed by atoms with van der Waals surface area (Å²) in [4.78, 5) is 14.6. The van der Waals surface area contributed by atoms with E-state index in [9.17, 15) is 4.79 Å². The van der Waals surface area contributed by atoms with Gasteiger partial charge >= 0.3 is 0 Å². The zero-order chi connectivity index (χ0) is 15.7. The van der Waals surface area contributed by atoms with E-state index >= 15 is 0 Å². The summed E-state index contributed by atoms with van der Waals surface area (Å²) < 4.78 is 0. The molecule has 0 aliphatic carbocycles. The van der Waals surface area contributed by atoms with Crippen molar-refractivity contribution in [1.29, 1.82) is 0 Å². The van der Waals surface area contributed by atoms with Gasteiger partial charge in [-0.3, -0.25) is 4.79 Å². The van der Waals surface area contributed by atoms with E-state index in [0.717, 1.165) is 31.4 Å². The maximum absolute atomic E-state index is 12.6. The number of benzene rings is 1. The summed E-state index contributed by atoms with van der Waals surface area (Å²) in [6.07, 6.45) is 3.06. The summed E-state index contributed by atoms with van der Waals surface area (Å²) in [5, 5.41) is 8.68. The lowest BCUT2D eigenvalue weighted by Crippen LogP contribution is -2.39. The van der Waals surface area contributed by atoms with Crippen molar-refractivity contribution in [3.8, 4) is 11.8 Å². The third-order valence-electron chi connectivity index (χ3n) is 3.58. The molecule has 1 unspecified atom stereocenters. The standard InChI is InChI=1S/C18H25NO2/c1-4-6-13-19(15(3)5-2)18(21)17-11-9-16(10-12-17)8-7-14-20/h9-12,15,20H,4-6,13-14H2,1-3H3. The Balaban J connectivity index is 2.87. The van der Waals surface area contributed by atoms with Gasteiger partial charge in [-0.2, -0.15) is 0 Å². The maximum Gasteiger partial charge on any atom is 0.254 e. The van der Waals surface area contributed by atoms with Crippen LogP contribution in [0.4, 0.5) is 0 Å². The third kappa shape index (κ3) is 5.24. The van der Waals surface area contributed by atoms with Crippen molar-refractivity contribution < 1.29 is 9.90 Å². The Labute approximate surface area is 128 Å². The number of amides is 1. The van der Waals surface area contributed by atoms with Crippen molar-refractivity contribution in [2.24, 2.45) is 0 Å². The highest BCUT2D eigenvalue weighted by Gasteiger charge is 2.19. The first-order valence-electron chi connectivity index (χ1n) is 7.64. The molecule has 114 valence electrons. The Morgan fingerprint density at radius 1 is 1.29 bits per heavy atom. The minimum Gasteiger partial charge on any atom is -0.384 e. The lowest BCUT2D eigenvalue weighted by molar-refractivity contribution is 0.0685. The molecule has 3 heteroatoms. The average molecular weight is 287 g/mol. The molecule has 1 aromatic carbocycles. The largest absolute Gasteiger partial charge is 0.384 e. The van der Waals surface area contributed by atoms with Crippen molar-refractivity contribution in [3.63, 3.8) is 0 Å². The van der Waals surface area contributed by atoms with Gasteiger partial charge in [0.05, 0.1) is 0 Å². The van der Waals surface area contributed by atoms with Crippen LogP contribution in [0.25, 0.3) is 0 Å². The predicted octanol–water partition coefficient (Wildman–Crippen LogP) is 3.07. The highest BCUT2D eigenvalue weighted by atomic mass is 16.2. The Morgan fingerprint density at radius 2 is 1.95 bits per heavy atom. The van der Waals surface area contributed by atoms with Crippen LogP contribution in [0.1, 0.15) is 56.0 Å². The molecule has 0 fully saturated rings. The molecular weight excluding hydrogens is 262 g/mol. The van der Waals surface area contributed by atoms with Crippen LogP contribution in [0.2, 0.25) is 0 Å². The van der Waals surface area contributed by atoms with E-state index in [1.54, 1.807) is 0 Å². The Kier molecular flexibility index (Phi) is 7.56. The second-order valence-corrected chi connectivity index (χ2v) is 5.15. The first kappa shape index (κ1) is 17.3. The lowest BCUT2D eigenvalue weighted by Gasteiger charge is -2.28. The number of rotatable bonds is 6. The maximum atomic E-state index is 12.6. The van der Waals surface area contributed by atoms with Gasteiger partial charge in [-0.05, 0) is 44.0 Å². The van der Waals surface area contributed by atoms with E-state index in [-0.39, 0.29) is 18.6 Å². The Morgan fingerprint density at radius 3 is 2.48 bits per heavy atom. The SMILES string of the molecule is CCCCN(C(=O)c1ccc(C#CCO)cc1)C(C)CC. The molecule has 1 amide bonds. The molecule has 1 aromatic rings. The zero-order valence-corrected chi connectivity index (χ0v) is 13.2. The first-order valence-corrected chi connectivity index (χ1v) is 7.64. The quantitative estimate of drug-likeness (QED) is 0.817. The highest BCUT2D eigenvalue weighted by molar-refractivity contribution is 5.94. The molecule has 0 radical (unpaired) electrons. The molecule has 0 saturated heterocycles. The lowest BCUT2D eigenvalue weighted by atomic mass is 10.1. The molecule has 0 saturated carbocycles. The average Bonchev–Trinajstić information content (AvgIpc) is 2.53. The van der Waals surface area contributed by atoms with E-state index in [2.05, 4.69) is 32.6 Å². The number of carbonyl (C=O) groups excluding carboxylic acids is 1. The van der Waals surface area contributed by atoms with Crippen LogP contribution in [0.5, 0.6) is 0 Å². The van der Waals surface area contributed by atoms with Gasteiger partial charge in [0.15, 0.2) is 0 Å². The molecule has 1 rings (SSSR count). The Hall–Kier alpha value is -1.79. The van der Waals surface area contributed by atoms with Gasteiger partial charge in [0.2, 0.25) is 0 Å². The number of unbranched alkanes of at least 4 members (excludes halogenated alkanes) is 1. The van der Waals surface area contributed by atoms with E-state index in [1.165, 1.54) is 0 Å². The van der Waals surface area contributed by atoms with Crippen molar-refractivity contribution in [1.82, 2.24) is 4.90 Å². The summed E-state index contributed by atoms with van der Waals surface area (Å²) in [6.45, 7) is 6.98. The monoisotopic (exact) mass is 287 g/mol. The van der Waals surface area contributed by atoms with Gasteiger partial charge in [-0.1, -0.05) is 32.1 Å². The number of nitrogens with zero attached hydrogens (tertiary/aromatic N) is 1. The van der Waals surface area contributed by atoms with Crippen LogP contribution in [-0.2, 0) is 0 Å². The number of aliphatic hydroxyl groups is 1. The molecule has 0 heterocycles.